The van der Waals surface area contributed by atoms with Gasteiger partial charge in [-0.15, -0.1) is 5.10 Å². The van der Waals surface area contributed by atoms with Crippen molar-refractivity contribution >= 4 is 27.0 Å². The zero-order chi connectivity index (χ0) is 18.7. The van der Waals surface area contributed by atoms with Gasteiger partial charge in [0, 0.05) is 32.1 Å². The lowest BCUT2D eigenvalue weighted by Gasteiger charge is -2.15. The molecule has 1 amide bonds. The van der Waals surface area contributed by atoms with Crippen molar-refractivity contribution in [2.75, 3.05) is 13.1 Å². The molecule has 26 heavy (non-hydrogen) atoms. The first-order chi connectivity index (χ1) is 12.4. The maximum atomic E-state index is 12.6. The van der Waals surface area contributed by atoms with Gasteiger partial charge in [-0.3, -0.25) is 4.79 Å². The maximum Gasteiger partial charge on any atom is 0.243 e. The normalized spacial score (nSPS) is 15.8. The molecule has 142 valence electrons. The first kappa shape index (κ1) is 18.8. The molecular formula is C17H25N5O3S. The van der Waals surface area contributed by atoms with Gasteiger partial charge >= 0.3 is 0 Å². The van der Waals surface area contributed by atoms with Crippen LogP contribution in [0.5, 0.6) is 0 Å². The van der Waals surface area contributed by atoms with Crippen LogP contribution in [0.3, 0.4) is 0 Å². The van der Waals surface area contributed by atoms with Crippen molar-refractivity contribution < 1.29 is 13.2 Å². The van der Waals surface area contributed by atoms with Crippen molar-refractivity contribution in [1.29, 1.82) is 0 Å². The zero-order valence-corrected chi connectivity index (χ0v) is 16.0. The molecule has 0 radical (unpaired) electrons. The Bertz CT molecular complexity index is 885. The van der Waals surface area contributed by atoms with E-state index in [0.29, 0.717) is 38.0 Å². The van der Waals surface area contributed by atoms with Crippen molar-refractivity contribution in [1.82, 2.24) is 24.6 Å². The average Bonchev–Trinajstić information content (AvgIpc) is 3.24. The first-order valence-corrected chi connectivity index (χ1v) is 10.4. The fourth-order valence-corrected chi connectivity index (χ4v) is 4.68. The number of carbonyl (C=O) groups excluding carboxylic acids is 1. The summed E-state index contributed by atoms with van der Waals surface area (Å²) < 4.78 is 28.5. The van der Waals surface area contributed by atoms with Crippen LogP contribution in [0.25, 0.3) is 11.0 Å². The lowest BCUT2D eigenvalue weighted by molar-refractivity contribution is -0.121. The van der Waals surface area contributed by atoms with E-state index in [9.17, 15) is 13.2 Å². The third-order valence-electron chi connectivity index (χ3n) is 4.41. The van der Waals surface area contributed by atoms with E-state index < -0.39 is 10.0 Å². The molecule has 0 spiro atoms. The van der Waals surface area contributed by atoms with Gasteiger partial charge in [-0.1, -0.05) is 5.21 Å². The van der Waals surface area contributed by atoms with Gasteiger partial charge in [0.25, 0.3) is 0 Å². The number of hydrogen-bond acceptors (Lipinski definition) is 5. The molecule has 9 heteroatoms. The summed E-state index contributed by atoms with van der Waals surface area (Å²) in [6.45, 7) is 5.56. The molecule has 0 atom stereocenters. The van der Waals surface area contributed by atoms with E-state index in [-0.39, 0.29) is 16.8 Å². The summed E-state index contributed by atoms with van der Waals surface area (Å²) in [5.41, 5.74) is 1.33. The van der Waals surface area contributed by atoms with Crippen LogP contribution in [0, 0.1) is 0 Å². The Hall–Kier alpha value is -2.00. The van der Waals surface area contributed by atoms with Crippen molar-refractivity contribution in [3.8, 4) is 0 Å². The molecule has 3 rings (SSSR count). The second-order valence-corrected chi connectivity index (χ2v) is 8.84. The molecule has 2 aromatic rings. The summed E-state index contributed by atoms with van der Waals surface area (Å²) in [5.74, 6) is 0.0170. The van der Waals surface area contributed by atoms with Gasteiger partial charge in [0.1, 0.15) is 5.52 Å². The quantitative estimate of drug-likeness (QED) is 0.787. The van der Waals surface area contributed by atoms with Crippen molar-refractivity contribution in [3.63, 3.8) is 0 Å². The van der Waals surface area contributed by atoms with Crippen LogP contribution in [0.1, 0.15) is 39.5 Å². The second-order valence-electron chi connectivity index (χ2n) is 6.90. The molecule has 2 heterocycles. The molecule has 1 aromatic carbocycles. The summed E-state index contributed by atoms with van der Waals surface area (Å²) in [6.07, 6.45) is 2.87. The highest BCUT2D eigenvalue weighted by atomic mass is 32.2. The summed E-state index contributed by atoms with van der Waals surface area (Å²) in [6, 6.07) is 5.07. The van der Waals surface area contributed by atoms with E-state index in [2.05, 4.69) is 15.6 Å². The van der Waals surface area contributed by atoms with Crippen molar-refractivity contribution in [2.24, 2.45) is 0 Å². The summed E-state index contributed by atoms with van der Waals surface area (Å²) in [4.78, 5) is 12.0. The number of benzene rings is 1. The van der Waals surface area contributed by atoms with Gasteiger partial charge in [0.2, 0.25) is 15.9 Å². The molecule has 1 aliphatic rings. The number of amides is 1. The molecule has 1 saturated heterocycles. The maximum absolute atomic E-state index is 12.6. The van der Waals surface area contributed by atoms with Crippen LogP contribution in [0.2, 0.25) is 0 Å². The van der Waals surface area contributed by atoms with Gasteiger partial charge in [-0.25, -0.2) is 13.1 Å². The number of hydrogen-bond donors (Lipinski definition) is 1. The highest BCUT2D eigenvalue weighted by Crippen LogP contribution is 2.23. The monoisotopic (exact) mass is 379 g/mol. The van der Waals surface area contributed by atoms with E-state index in [1.54, 1.807) is 22.9 Å². The molecule has 1 aliphatic heterocycles. The summed E-state index contributed by atoms with van der Waals surface area (Å²) >= 11 is 0. The van der Waals surface area contributed by atoms with E-state index in [1.807, 2.05) is 13.8 Å². The zero-order valence-electron chi connectivity index (χ0n) is 15.2. The molecule has 0 aliphatic carbocycles. The molecule has 0 bridgehead atoms. The molecule has 1 fully saturated rings. The van der Waals surface area contributed by atoms with E-state index in [0.717, 1.165) is 18.4 Å². The Morgan fingerprint density at radius 2 is 2.00 bits per heavy atom. The van der Waals surface area contributed by atoms with Crippen molar-refractivity contribution in [3.05, 3.63) is 18.2 Å². The van der Waals surface area contributed by atoms with Gasteiger partial charge in [0.15, 0.2) is 0 Å². The third kappa shape index (κ3) is 4.04. The predicted molar refractivity (Wildman–Crippen MR) is 98.0 cm³/mol. The van der Waals surface area contributed by atoms with E-state index in [4.69, 9.17) is 0 Å². The van der Waals surface area contributed by atoms with E-state index in [1.165, 1.54) is 4.31 Å². The molecular weight excluding hydrogens is 354 g/mol. The minimum absolute atomic E-state index is 0.0170. The predicted octanol–water partition coefficient (Wildman–Crippen LogP) is 1.52. The summed E-state index contributed by atoms with van der Waals surface area (Å²) in [5, 5.41) is 11.1. The first-order valence-electron chi connectivity index (χ1n) is 9.01. The Labute approximate surface area is 153 Å². The molecule has 0 saturated carbocycles. The van der Waals surface area contributed by atoms with Crippen LogP contribution >= 0.6 is 0 Å². The smallest absolute Gasteiger partial charge is 0.243 e. The lowest BCUT2D eigenvalue weighted by Crippen LogP contribution is -2.30. The minimum Gasteiger partial charge on any atom is -0.354 e. The highest BCUT2D eigenvalue weighted by molar-refractivity contribution is 7.89. The number of nitrogens with one attached hydrogen (secondary N) is 1. The molecule has 8 nitrogen and oxygen atoms in total. The number of carbonyl (C=O) groups is 1. The number of nitrogens with zero attached hydrogens (tertiary/aromatic N) is 4. The Balaban J connectivity index is 1.70. The van der Waals surface area contributed by atoms with Crippen LogP contribution in [0.15, 0.2) is 23.1 Å². The number of aryl methyl sites for hydroxylation is 1. The second kappa shape index (κ2) is 7.71. The van der Waals surface area contributed by atoms with Crippen LogP contribution in [0.4, 0.5) is 0 Å². The molecule has 0 unspecified atom stereocenters. The number of rotatable bonds is 7. The van der Waals surface area contributed by atoms with E-state index >= 15 is 0 Å². The third-order valence-corrected chi connectivity index (χ3v) is 6.31. The fraction of sp³-hybridized carbons (Fsp3) is 0.588. The van der Waals surface area contributed by atoms with Gasteiger partial charge in [0.05, 0.1) is 10.4 Å². The Morgan fingerprint density at radius 3 is 2.69 bits per heavy atom. The average molecular weight is 379 g/mol. The van der Waals surface area contributed by atoms with Gasteiger partial charge < -0.3 is 5.32 Å². The highest BCUT2D eigenvalue weighted by Gasteiger charge is 2.27. The Morgan fingerprint density at radius 1 is 1.27 bits per heavy atom. The fourth-order valence-electron chi connectivity index (χ4n) is 3.14. The molecule has 1 aromatic heterocycles. The standard InChI is InChI=1S/C17H25N5O3S/c1-13(2)18-17(23)6-5-11-22-16-8-7-14(12-15(16)19-20-22)26(24,25)21-9-3-4-10-21/h7-8,12-13H,3-6,9-11H2,1-2H3,(H,18,23). The summed E-state index contributed by atoms with van der Waals surface area (Å²) in [7, 11) is -3.46. The van der Waals surface area contributed by atoms with Crippen LogP contribution in [-0.4, -0.2) is 52.8 Å². The Kier molecular flexibility index (Phi) is 5.57. The number of aromatic nitrogens is 3. The SMILES string of the molecule is CC(C)NC(=O)CCCn1nnc2cc(S(=O)(=O)N3CCCC3)ccc21. The van der Waals surface area contributed by atoms with Crippen LogP contribution in [-0.2, 0) is 21.4 Å². The van der Waals surface area contributed by atoms with Gasteiger partial charge in [-0.2, -0.15) is 4.31 Å². The van der Waals surface area contributed by atoms with Crippen LogP contribution < -0.4 is 5.32 Å². The van der Waals surface area contributed by atoms with Crippen molar-refractivity contribution in [2.45, 2.75) is 57.0 Å². The lowest BCUT2D eigenvalue weighted by atomic mass is 10.2. The van der Waals surface area contributed by atoms with Gasteiger partial charge in [-0.05, 0) is 51.3 Å². The number of fused-ring (bicyclic) bond motifs is 1. The topological polar surface area (TPSA) is 97.2 Å². The number of sulfonamides is 1. The minimum atomic E-state index is -3.46. The molecule has 1 N–H and O–H groups in total. The largest absolute Gasteiger partial charge is 0.354 e.